The van der Waals surface area contributed by atoms with Crippen LogP contribution in [-0.4, -0.2) is 34.0 Å². The fraction of sp³-hybridized carbons (Fsp3) is 0.455. The van der Waals surface area contributed by atoms with E-state index in [2.05, 4.69) is 0 Å². The van der Waals surface area contributed by atoms with Crippen molar-refractivity contribution in [3.8, 4) is 5.75 Å². The van der Waals surface area contributed by atoms with Gasteiger partial charge in [0, 0.05) is 30.8 Å². The van der Waals surface area contributed by atoms with E-state index in [1.54, 1.807) is 6.92 Å². The summed E-state index contributed by atoms with van der Waals surface area (Å²) in [5, 5.41) is 10.4. The number of esters is 1. The molecule has 1 N–H and O–H groups in total. The first kappa shape index (κ1) is 27.0. The van der Waals surface area contributed by atoms with Crippen molar-refractivity contribution in [2.75, 3.05) is 6.61 Å². The third kappa shape index (κ3) is 5.15. The van der Waals surface area contributed by atoms with Gasteiger partial charge >= 0.3 is 12.1 Å². The molecular formula is C22H24Cl2F3NO5. The van der Waals surface area contributed by atoms with Crippen LogP contribution >= 0.6 is 23.2 Å². The van der Waals surface area contributed by atoms with Crippen LogP contribution in [0.25, 0.3) is 0 Å². The molecule has 0 aliphatic heterocycles. The predicted molar refractivity (Wildman–Crippen MR) is 118 cm³/mol. The second-order valence-electron chi connectivity index (χ2n) is 7.97. The van der Waals surface area contributed by atoms with Gasteiger partial charge in [-0.3, -0.25) is 4.79 Å². The van der Waals surface area contributed by atoms with Gasteiger partial charge in [0.1, 0.15) is 10.8 Å². The third-order valence-electron chi connectivity index (χ3n) is 5.26. The summed E-state index contributed by atoms with van der Waals surface area (Å²) in [6, 6.07) is 4.34. The molecule has 1 aromatic heterocycles. The van der Waals surface area contributed by atoms with Gasteiger partial charge in [-0.15, -0.1) is 0 Å². The van der Waals surface area contributed by atoms with Gasteiger partial charge in [0.05, 0.1) is 11.6 Å². The van der Waals surface area contributed by atoms with E-state index in [1.165, 1.54) is 33.0 Å². The summed E-state index contributed by atoms with van der Waals surface area (Å²) in [5.74, 6) is -2.35. The number of rotatable bonds is 7. The van der Waals surface area contributed by atoms with E-state index in [1.807, 2.05) is 0 Å². The maximum atomic E-state index is 14.2. The van der Waals surface area contributed by atoms with Crippen molar-refractivity contribution in [2.45, 2.75) is 51.0 Å². The Bertz CT molecular complexity index is 1100. The van der Waals surface area contributed by atoms with Crippen molar-refractivity contribution in [3.63, 3.8) is 0 Å². The highest BCUT2D eigenvalue weighted by Gasteiger charge is 2.59. The van der Waals surface area contributed by atoms with Crippen molar-refractivity contribution in [3.05, 3.63) is 62.0 Å². The molecule has 0 saturated heterocycles. The molecule has 0 aliphatic carbocycles. The van der Waals surface area contributed by atoms with E-state index in [0.29, 0.717) is 0 Å². The molecule has 2 atom stereocenters. The maximum Gasteiger partial charge on any atom is 0.422 e. The number of pyridine rings is 1. The highest BCUT2D eigenvalue weighted by atomic mass is 35.5. The minimum Gasteiger partial charge on any atom is -0.475 e. The molecule has 11 heteroatoms. The number of carbonyl (C=O) groups excluding carboxylic acids is 1. The summed E-state index contributed by atoms with van der Waals surface area (Å²) in [6.45, 7) is 5.76. The number of aliphatic hydroxyl groups is 1. The van der Waals surface area contributed by atoms with Crippen LogP contribution in [0, 0.1) is 0 Å². The summed E-state index contributed by atoms with van der Waals surface area (Å²) >= 11 is 12.6. The number of hydrogen-bond acceptors (Lipinski definition) is 5. The Morgan fingerprint density at radius 2 is 1.76 bits per heavy atom. The molecule has 0 amide bonds. The molecule has 1 aromatic carbocycles. The molecule has 0 bridgehead atoms. The summed E-state index contributed by atoms with van der Waals surface area (Å²) in [7, 11) is 1.27. The fourth-order valence-corrected chi connectivity index (χ4v) is 3.82. The SMILES string of the molecule is CCOC(=O)C(C)(C)Oc1ccc([C@H](C)[C@](O)(c2ccc(=O)n(C)c2)C(F)(F)F)c(Cl)c1Cl. The van der Waals surface area contributed by atoms with Crippen molar-refractivity contribution in [2.24, 2.45) is 7.05 Å². The third-order valence-corrected chi connectivity index (χ3v) is 6.14. The van der Waals surface area contributed by atoms with Gasteiger partial charge < -0.3 is 19.1 Å². The molecule has 0 saturated carbocycles. The van der Waals surface area contributed by atoms with Gasteiger partial charge in [0.2, 0.25) is 5.56 Å². The number of aromatic nitrogens is 1. The Morgan fingerprint density at radius 3 is 2.27 bits per heavy atom. The quantitative estimate of drug-likeness (QED) is 0.533. The molecule has 0 aliphatic rings. The van der Waals surface area contributed by atoms with Crippen LogP contribution in [0.4, 0.5) is 13.2 Å². The molecule has 33 heavy (non-hydrogen) atoms. The first-order valence-electron chi connectivity index (χ1n) is 9.88. The minimum atomic E-state index is -5.12. The summed E-state index contributed by atoms with van der Waals surface area (Å²) in [4.78, 5) is 23.7. The lowest BCUT2D eigenvalue weighted by Gasteiger charge is -2.37. The Kier molecular flexibility index (Phi) is 7.83. The second-order valence-corrected chi connectivity index (χ2v) is 8.72. The zero-order chi connectivity index (χ0) is 25.4. The summed E-state index contributed by atoms with van der Waals surface area (Å²) in [5.41, 5.74) is -6.03. The van der Waals surface area contributed by atoms with Crippen LogP contribution in [0.3, 0.4) is 0 Å². The molecule has 0 spiro atoms. The van der Waals surface area contributed by atoms with Crippen molar-refractivity contribution >= 4 is 29.2 Å². The van der Waals surface area contributed by atoms with Crippen LogP contribution in [0.1, 0.15) is 44.7 Å². The summed E-state index contributed by atoms with van der Waals surface area (Å²) in [6.07, 6.45) is -4.21. The Labute approximate surface area is 198 Å². The number of carbonyl (C=O) groups is 1. The second kappa shape index (κ2) is 9.56. The molecule has 2 aromatic rings. The molecule has 6 nitrogen and oxygen atoms in total. The van der Waals surface area contributed by atoms with Crippen LogP contribution in [0.5, 0.6) is 5.75 Å². The number of alkyl halides is 3. The molecule has 0 fully saturated rings. The van der Waals surface area contributed by atoms with Crippen LogP contribution < -0.4 is 10.3 Å². The van der Waals surface area contributed by atoms with Gasteiger partial charge in [-0.25, -0.2) is 4.79 Å². The highest BCUT2D eigenvalue weighted by Crippen LogP contribution is 2.51. The molecule has 0 unspecified atom stereocenters. The number of hydrogen-bond donors (Lipinski definition) is 1. The number of benzene rings is 1. The predicted octanol–water partition coefficient (Wildman–Crippen LogP) is 4.97. The van der Waals surface area contributed by atoms with Crippen LogP contribution in [-0.2, 0) is 22.2 Å². The monoisotopic (exact) mass is 509 g/mol. The van der Waals surface area contributed by atoms with Gasteiger partial charge in [-0.05, 0) is 38.5 Å². The van der Waals surface area contributed by atoms with Crippen molar-refractivity contribution in [1.82, 2.24) is 4.57 Å². The Balaban J connectivity index is 2.56. The molecule has 2 rings (SSSR count). The van der Waals surface area contributed by atoms with E-state index in [4.69, 9.17) is 32.7 Å². The van der Waals surface area contributed by atoms with E-state index < -0.39 is 40.4 Å². The highest BCUT2D eigenvalue weighted by molar-refractivity contribution is 6.43. The molecular weight excluding hydrogens is 486 g/mol. The van der Waals surface area contributed by atoms with Crippen LogP contribution in [0.15, 0.2) is 35.3 Å². The first-order valence-corrected chi connectivity index (χ1v) is 10.6. The van der Waals surface area contributed by atoms with E-state index in [-0.39, 0.29) is 28.0 Å². The maximum absolute atomic E-state index is 14.2. The number of nitrogens with zero attached hydrogens (tertiary/aromatic N) is 1. The van der Waals surface area contributed by atoms with Gasteiger partial charge in [-0.1, -0.05) is 36.2 Å². The van der Waals surface area contributed by atoms with E-state index in [0.717, 1.165) is 29.8 Å². The van der Waals surface area contributed by atoms with E-state index in [9.17, 15) is 27.9 Å². The average molecular weight is 510 g/mol. The normalized spacial score (nSPS) is 15.0. The lowest BCUT2D eigenvalue weighted by atomic mass is 9.78. The lowest BCUT2D eigenvalue weighted by molar-refractivity contribution is -0.274. The lowest BCUT2D eigenvalue weighted by Crippen LogP contribution is -2.47. The van der Waals surface area contributed by atoms with E-state index >= 15 is 0 Å². The number of aryl methyl sites for hydroxylation is 1. The van der Waals surface area contributed by atoms with Crippen LogP contribution in [0.2, 0.25) is 10.0 Å². The average Bonchev–Trinajstić information content (AvgIpc) is 2.71. The summed E-state index contributed by atoms with van der Waals surface area (Å²) < 4.78 is 54.0. The smallest absolute Gasteiger partial charge is 0.422 e. The van der Waals surface area contributed by atoms with Gasteiger partial charge in [0.15, 0.2) is 11.2 Å². The number of halogens is 5. The standard InChI is InChI=1S/C22H24Cl2F3NO5/c1-6-32-19(30)20(3,4)33-15-9-8-14(17(23)18(15)24)12(2)21(31,22(25,26)27)13-7-10-16(29)28(5)11-13/h7-12,31H,6H2,1-5H3/t12-,21-/m0/s1. The van der Waals surface area contributed by atoms with Crippen molar-refractivity contribution in [1.29, 1.82) is 0 Å². The fourth-order valence-electron chi connectivity index (χ4n) is 3.28. The molecule has 0 radical (unpaired) electrons. The first-order chi connectivity index (χ1) is 15.1. The van der Waals surface area contributed by atoms with Gasteiger partial charge in [0.25, 0.3) is 0 Å². The Morgan fingerprint density at radius 1 is 1.15 bits per heavy atom. The number of ether oxygens (including phenoxy) is 2. The topological polar surface area (TPSA) is 77.8 Å². The van der Waals surface area contributed by atoms with Crippen molar-refractivity contribution < 1.29 is 32.5 Å². The molecule has 1 heterocycles. The molecule has 182 valence electrons. The Hall–Kier alpha value is -2.23. The van der Waals surface area contributed by atoms with Gasteiger partial charge in [-0.2, -0.15) is 13.2 Å². The zero-order valence-electron chi connectivity index (χ0n) is 18.6. The largest absolute Gasteiger partial charge is 0.475 e. The minimum absolute atomic E-state index is 0.0478. The zero-order valence-corrected chi connectivity index (χ0v) is 20.1.